The maximum atomic E-state index is 11.0. The Kier molecular flexibility index (Phi) is 12.3. The third-order valence-electron chi connectivity index (χ3n) is 1.64. The number of methoxy groups -OCH3 is 2. The van der Waals surface area contributed by atoms with Crippen LogP contribution in [0.4, 0.5) is 0 Å². The minimum atomic E-state index is -2.18. The fourth-order valence-corrected chi connectivity index (χ4v) is 0.677. The van der Waals surface area contributed by atoms with Crippen LogP contribution in [-0.4, -0.2) is 38.0 Å². The van der Waals surface area contributed by atoms with E-state index in [2.05, 4.69) is 9.47 Å². The van der Waals surface area contributed by atoms with Gasteiger partial charge in [-0.2, -0.15) is 0 Å². The molecule has 9 heteroatoms. The van der Waals surface area contributed by atoms with Crippen LogP contribution in [0.2, 0.25) is 0 Å². The minimum Gasteiger partial charge on any atom is -0.668 e. The smallest absolute Gasteiger partial charge is 0.328 e. The van der Waals surface area contributed by atoms with Crippen LogP contribution < -0.4 is 0 Å². The zero-order valence-electron chi connectivity index (χ0n) is 10.5. The molecule has 0 aromatic rings. The quantitative estimate of drug-likeness (QED) is 0.544. The predicted octanol–water partition coefficient (Wildman–Crippen LogP) is 0.500. The van der Waals surface area contributed by atoms with Gasteiger partial charge in [0.05, 0.1) is 20.1 Å². The molecule has 0 fully saturated rings. The molecule has 0 saturated heterocycles. The fourth-order valence-electron chi connectivity index (χ4n) is 0.677. The monoisotopic (exact) mass is 335 g/mol. The number of hydrogen-bond acceptors (Lipinski definition) is 6. The summed E-state index contributed by atoms with van der Waals surface area (Å²) >= 11 is 0. The standard InChI is InChI=1S/C7H11NO5.C2H5NO.Y/c1-7(4(8)9,5(10)12-2)6(11)13-3;1-2(3)4;/h1-3H3,(H2,8,9);1H3,(H2,3,4);/p-2. The summed E-state index contributed by atoms with van der Waals surface area (Å²) in [7, 11) is 2.04. The van der Waals surface area contributed by atoms with Crippen molar-refractivity contribution in [1.82, 2.24) is 0 Å². The number of rotatable bonds is 3. The van der Waals surface area contributed by atoms with Gasteiger partial charge in [0, 0.05) is 38.6 Å². The molecule has 1 radical (unpaired) electrons. The number of hydrogen-bond donors (Lipinski definition) is 0. The van der Waals surface area contributed by atoms with Crippen LogP contribution in [0.15, 0.2) is 0 Å². The van der Waals surface area contributed by atoms with Crippen molar-refractivity contribution in [3.05, 3.63) is 11.5 Å². The van der Waals surface area contributed by atoms with E-state index in [0.29, 0.717) is 0 Å². The van der Waals surface area contributed by atoms with Crippen molar-refractivity contribution in [2.75, 3.05) is 14.2 Å². The molecule has 101 valence electrons. The molecule has 0 unspecified atom stereocenters. The van der Waals surface area contributed by atoms with Crippen molar-refractivity contribution in [3.8, 4) is 0 Å². The molecule has 0 spiro atoms. The summed E-state index contributed by atoms with van der Waals surface area (Å²) in [6, 6.07) is 0. The van der Waals surface area contributed by atoms with E-state index in [1.807, 2.05) is 0 Å². The second kappa shape index (κ2) is 9.96. The van der Waals surface area contributed by atoms with Gasteiger partial charge in [-0.15, -0.1) is 0 Å². The van der Waals surface area contributed by atoms with E-state index in [0.717, 1.165) is 21.1 Å². The third kappa shape index (κ3) is 6.65. The molecule has 0 aliphatic rings. The average molecular weight is 335 g/mol. The van der Waals surface area contributed by atoms with Crippen LogP contribution >= 0.6 is 0 Å². The predicted molar refractivity (Wildman–Crippen MR) is 56.5 cm³/mol. The summed E-state index contributed by atoms with van der Waals surface area (Å²) in [5.41, 5.74) is 10.5. The molecule has 0 heterocycles. The van der Waals surface area contributed by atoms with E-state index in [9.17, 15) is 14.4 Å². The van der Waals surface area contributed by atoms with Gasteiger partial charge in [-0.3, -0.25) is 9.59 Å². The number of nitrogens with one attached hydrogen (secondary N) is 2. The number of carbonyl (C=O) groups is 4. The molecular weight excluding hydrogens is 321 g/mol. The Labute approximate surface area is 130 Å². The number of ether oxygens (including phenoxy) is 2. The molecule has 0 aliphatic carbocycles. The molecule has 0 bridgehead atoms. The van der Waals surface area contributed by atoms with Crippen LogP contribution in [0, 0.1) is 5.41 Å². The number of amides is 2. The maximum Gasteiger partial charge on any atom is 0.328 e. The number of carbonyl (C=O) groups excluding carboxylic acids is 4. The summed E-state index contributed by atoms with van der Waals surface area (Å²) in [6.45, 7) is 2.18. The van der Waals surface area contributed by atoms with Gasteiger partial charge in [0.2, 0.25) is 5.41 Å². The van der Waals surface area contributed by atoms with Crippen LogP contribution in [0.25, 0.3) is 11.5 Å². The zero-order chi connectivity index (χ0) is 14.2. The minimum absolute atomic E-state index is 0. The molecule has 0 aromatic carbocycles. The number of esters is 2. The summed E-state index contributed by atoms with van der Waals surface area (Å²) in [4.78, 5) is 41.9. The summed E-state index contributed by atoms with van der Waals surface area (Å²) < 4.78 is 8.44. The van der Waals surface area contributed by atoms with E-state index in [1.54, 1.807) is 0 Å². The van der Waals surface area contributed by atoms with Crippen molar-refractivity contribution >= 4 is 23.8 Å². The Balaban J connectivity index is -0.000000392. The molecule has 0 atom stereocenters. The first-order chi connectivity index (χ1) is 7.64. The largest absolute Gasteiger partial charge is 0.668 e. The third-order valence-corrected chi connectivity index (χ3v) is 1.64. The van der Waals surface area contributed by atoms with Crippen LogP contribution in [0.5, 0.6) is 0 Å². The first kappa shape index (κ1) is 22.2. The van der Waals surface area contributed by atoms with E-state index in [4.69, 9.17) is 16.3 Å². The molecule has 0 saturated carbocycles. The fraction of sp³-hybridized carbons (Fsp3) is 0.556. The molecule has 0 aromatic heterocycles. The van der Waals surface area contributed by atoms with E-state index >= 15 is 0 Å². The maximum absolute atomic E-state index is 11.0. The van der Waals surface area contributed by atoms with Gasteiger partial charge in [0.15, 0.2) is 0 Å². The van der Waals surface area contributed by atoms with E-state index < -0.39 is 29.2 Å². The van der Waals surface area contributed by atoms with Gasteiger partial charge in [-0.1, -0.05) is 0 Å². The topological polar surface area (TPSA) is 134 Å². The molecule has 2 amide bonds. The van der Waals surface area contributed by atoms with Crippen LogP contribution in [0.1, 0.15) is 13.8 Å². The Morgan fingerprint density at radius 3 is 1.28 bits per heavy atom. The Morgan fingerprint density at radius 1 is 0.944 bits per heavy atom. The normalized spacial score (nSPS) is 8.89. The Hall–Kier alpha value is -1.02. The van der Waals surface area contributed by atoms with Crippen LogP contribution in [-0.2, 0) is 61.4 Å². The van der Waals surface area contributed by atoms with Crippen molar-refractivity contribution < 1.29 is 61.4 Å². The first-order valence-corrected chi connectivity index (χ1v) is 4.29. The van der Waals surface area contributed by atoms with Crippen molar-refractivity contribution in [2.24, 2.45) is 5.41 Å². The molecule has 2 N–H and O–H groups in total. The van der Waals surface area contributed by atoms with Crippen molar-refractivity contribution in [2.45, 2.75) is 13.8 Å². The van der Waals surface area contributed by atoms with Gasteiger partial charge >= 0.3 is 11.9 Å². The van der Waals surface area contributed by atoms with E-state index in [-0.39, 0.29) is 32.7 Å². The zero-order valence-corrected chi connectivity index (χ0v) is 13.4. The van der Waals surface area contributed by atoms with Gasteiger partial charge in [0.25, 0.3) is 0 Å². The molecule has 18 heavy (non-hydrogen) atoms. The molecule has 8 nitrogen and oxygen atoms in total. The second-order valence-electron chi connectivity index (χ2n) is 2.99. The Bertz CT molecular complexity index is 311. The summed E-state index contributed by atoms with van der Waals surface area (Å²) in [6.07, 6.45) is 0. The molecule has 0 aliphatic heterocycles. The van der Waals surface area contributed by atoms with Gasteiger partial charge in [0.1, 0.15) is 0 Å². The van der Waals surface area contributed by atoms with Crippen molar-refractivity contribution in [3.63, 3.8) is 0 Å². The van der Waals surface area contributed by atoms with Gasteiger partial charge in [-0.05, 0) is 13.8 Å². The SMILES string of the molecule is CC([NH-])=O.COC(=O)C(C)(C([NH-])=O)C(=O)OC.[Y]. The van der Waals surface area contributed by atoms with Crippen LogP contribution in [0.3, 0.4) is 0 Å². The molecular formula is C9H14N2O6Y-2. The molecule has 0 rings (SSSR count). The van der Waals surface area contributed by atoms with Crippen molar-refractivity contribution in [1.29, 1.82) is 0 Å². The summed E-state index contributed by atoms with van der Waals surface area (Å²) in [5, 5.41) is 0. The van der Waals surface area contributed by atoms with E-state index in [1.165, 1.54) is 6.92 Å². The Morgan fingerprint density at radius 2 is 1.17 bits per heavy atom. The van der Waals surface area contributed by atoms with Gasteiger partial charge in [-0.25, -0.2) is 0 Å². The summed E-state index contributed by atoms with van der Waals surface area (Å²) in [5.74, 6) is -4.13. The average Bonchev–Trinajstić information content (AvgIpc) is 2.24. The second-order valence-corrected chi connectivity index (χ2v) is 2.99. The first-order valence-electron chi connectivity index (χ1n) is 4.29. The van der Waals surface area contributed by atoms with Gasteiger partial charge < -0.3 is 30.5 Å².